The Balaban J connectivity index is 2.38. The first kappa shape index (κ1) is 7.61. The molecular weight excluding hydrogens is 154 g/mol. The third-order valence-corrected chi connectivity index (χ3v) is 2.13. The molecule has 0 aliphatic carbocycles. The van der Waals surface area contributed by atoms with E-state index >= 15 is 0 Å². The van der Waals surface area contributed by atoms with Gasteiger partial charge in [0, 0.05) is 6.54 Å². The number of ether oxygens (including phenoxy) is 1. The Morgan fingerprint density at radius 3 is 3.25 bits per heavy atom. The van der Waals surface area contributed by atoms with E-state index in [0.717, 1.165) is 31.4 Å². The molecule has 0 saturated carbocycles. The van der Waals surface area contributed by atoms with Crippen molar-refractivity contribution >= 4 is 0 Å². The van der Waals surface area contributed by atoms with Gasteiger partial charge in [0.2, 0.25) is 0 Å². The molecule has 0 fully saturated rings. The lowest BCUT2D eigenvalue weighted by Gasteiger charge is -2.02. The van der Waals surface area contributed by atoms with Gasteiger partial charge in [-0.25, -0.2) is 4.98 Å². The van der Waals surface area contributed by atoms with Crippen LogP contribution in [0.2, 0.25) is 0 Å². The molecule has 1 aliphatic heterocycles. The fourth-order valence-corrected chi connectivity index (χ4v) is 1.54. The molecular formula is C8H13N3O. The Bertz CT molecular complexity index is 293. The summed E-state index contributed by atoms with van der Waals surface area (Å²) in [5.74, 6) is 0. The second-order valence-corrected chi connectivity index (χ2v) is 2.96. The van der Waals surface area contributed by atoms with Crippen LogP contribution in [0, 0.1) is 6.92 Å². The fourth-order valence-electron chi connectivity index (χ4n) is 1.54. The van der Waals surface area contributed by atoms with E-state index in [0.29, 0.717) is 0 Å². The monoisotopic (exact) mass is 167 g/mol. The number of aryl methyl sites for hydroxylation is 1. The van der Waals surface area contributed by atoms with Crippen LogP contribution in [0.3, 0.4) is 0 Å². The molecule has 12 heavy (non-hydrogen) atoms. The zero-order chi connectivity index (χ0) is 8.55. The van der Waals surface area contributed by atoms with Crippen molar-refractivity contribution in [3.8, 4) is 6.01 Å². The van der Waals surface area contributed by atoms with Crippen molar-refractivity contribution in [2.24, 2.45) is 0 Å². The molecule has 0 atom stereocenters. The van der Waals surface area contributed by atoms with Gasteiger partial charge in [-0.15, -0.1) is 0 Å². The summed E-state index contributed by atoms with van der Waals surface area (Å²) in [7, 11) is 1.94. The second kappa shape index (κ2) is 2.79. The summed E-state index contributed by atoms with van der Waals surface area (Å²) in [5, 5.41) is 3.12. The average Bonchev–Trinajstić information content (AvgIpc) is 2.56. The van der Waals surface area contributed by atoms with E-state index in [1.54, 1.807) is 0 Å². The SMILES string of the molecule is CNCc1c(C)nc2n1CCO2. The molecule has 4 nitrogen and oxygen atoms in total. The number of rotatable bonds is 2. The van der Waals surface area contributed by atoms with E-state index in [2.05, 4.69) is 14.9 Å². The maximum atomic E-state index is 5.33. The summed E-state index contributed by atoms with van der Waals surface area (Å²) in [4.78, 5) is 4.31. The van der Waals surface area contributed by atoms with Crippen LogP contribution >= 0.6 is 0 Å². The van der Waals surface area contributed by atoms with E-state index in [-0.39, 0.29) is 0 Å². The van der Waals surface area contributed by atoms with Crippen LogP contribution in [0.1, 0.15) is 11.4 Å². The Labute approximate surface area is 71.6 Å². The van der Waals surface area contributed by atoms with Gasteiger partial charge in [-0.05, 0) is 14.0 Å². The number of nitrogens with zero attached hydrogens (tertiary/aromatic N) is 2. The Hall–Kier alpha value is -1.03. The van der Waals surface area contributed by atoms with Crippen LogP contribution in [-0.2, 0) is 13.1 Å². The van der Waals surface area contributed by atoms with Crippen molar-refractivity contribution in [2.45, 2.75) is 20.0 Å². The van der Waals surface area contributed by atoms with Crippen molar-refractivity contribution in [1.82, 2.24) is 14.9 Å². The largest absolute Gasteiger partial charge is 0.463 e. The number of fused-ring (bicyclic) bond motifs is 1. The minimum absolute atomic E-state index is 0.763. The Kier molecular flexibility index (Phi) is 1.77. The zero-order valence-corrected chi connectivity index (χ0v) is 7.42. The molecule has 2 rings (SSSR count). The third kappa shape index (κ3) is 0.992. The van der Waals surface area contributed by atoms with E-state index in [1.165, 1.54) is 5.69 Å². The summed E-state index contributed by atoms with van der Waals surface area (Å²) in [6.07, 6.45) is 0. The van der Waals surface area contributed by atoms with Gasteiger partial charge >= 0.3 is 0 Å². The first-order valence-corrected chi connectivity index (χ1v) is 4.16. The molecule has 2 heterocycles. The van der Waals surface area contributed by atoms with E-state index < -0.39 is 0 Å². The van der Waals surface area contributed by atoms with Gasteiger partial charge in [0.15, 0.2) is 0 Å². The lowest BCUT2D eigenvalue weighted by molar-refractivity contribution is 0.344. The van der Waals surface area contributed by atoms with Crippen LogP contribution in [-0.4, -0.2) is 23.2 Å². The lowest BCUT2D eigenvalue weighted by Crippen LogP contribution is -2.11. The predicted octanol–water partition coefficient (Wildman–Crippen LogP) is 0.303. The van der Waals surface area contributed by atoms with Gasteiger partial charge in [0.05, 0.1) is 17.9 Å². The molecule has 0 aromatic carbocycles. The Morgan fingerprint density at radius 2 is 2.50 bits per heavy atom. The van der Waals surface area contributed by atoms with Crippen LogP contribution in [0.5, 0.6) is 6.01 Å². The number of hydrogen-bond donors (Lipinski definition) is 1. The lowest BCUT2D eigenvalue weighted by atomic mass is 10.3. The predicted molar refractivity (Wildman–Crippen MR) is 45.2 cm³/mol. The number of aromatic nitrogens is 2. The summed E-state index contributed by atoms with van der Waals surface area (Å²) in [5.41, 5.74) is 2.31. The number of hydrogen-bond acceptors (Lipinski definition) is 3. The highest BCUT2D eigenvalue weighted by Gasteiger charge is 2.19. The van der Waals surface area contributed by atoms with Crippen molar-refractivity contribution in [2.75, 3.05) is 13.7 Å². The van der Waals surface area contributed by atoms with Gasteiger partial charge in [0.1, 0.15) is 6.61 Å². The molecule has 1 N–H and O–H groups in total. The van der Waals surface area contributed by atoms with Crippen LogP contribution in [0.25, 0.3) is 0 Å². The summed E-state index contributed by atoms with van der Waals surface area (Å²) < 4.78 is 7.46. The molecule has 4 heteroatoms. The van der Waals surface area contributed by atoms with Crippen LogP contribution in [0.4, 0.5) is 0 Å². The van der Waals surface area contributed by atoms with Crippen molar-refractivity contribution in [3.63, 3.8) is 0 Å². The van der Waals surface area contributed by atoms with Crippen molar-refractivity contribution < 1.29 is 4.74 Å². The second-order valence-electron chi connectivity index (χ2n) is 2.96. The van der Waals surface area contributed by atoms with E-state index in [4.69, 9.17) is 4.74 Å². The molecule has 0 unspecified atom stereocenters. The highest BCUT2D eigenvalue weighted by molar-refractivity contribution is 5.20. The van der Waals surface area contributed by atoms with E-state index in [9.17, 15) is 0 Å². The minimum atomic E-state index is 0.763. The van der Waals surface area contributed by atoms with Crippen molar-refractivity contribution in [3.05, 3.63) is 11.4 Å². The molecule has 1 aromatic rings. The Morgan fingerprint density at radius 1 is 1.67 bits per heavy atom. The summed E-state index contributed by atoms with van der Waals surface area (Å²) in [6, 6.07) is 0.776. The van der Waals surface area contributed by atoms with Gasteiger partial charge in [-0.1, -0.05) is 0 Å². The normalized spacial score (nSPS) is 14.5. The minimum Gasteiger partial charge on any atom is -0.463 e. The highest BCUT2D eigenvalue weighted by atomic mass is 16.5. The zero-order valence-electron chi connectivity index (χ0n) is 7.42. The average molecular weight is 167 g/mol. The van der Waals surface area contributed by atoms with E-state index in [1.807, 2.05) is 14.0 Å². The highest BCUT2D eigenvalue weighted by Crippen LogP contribution is 2.21. The topological polar surface area (TPSA) is 39.1 Å². The molecule has 0 bridgehead atoms. The molecule has 1 aromatic heterocycles. The standard InChI is InChI=1S/C8H13N3O/c1-6-7(5-9-2)11-3-4-12-8(11)10-6/h9H,3-5H2,1-2H3. The third-order valence-electron chi connectivity index (χ3n) is 2.13. The number of nitrogens with one attached hydrogen (secondary N) is 1. The van der Waals surface area contributed by atoms with Gasteiger partial charge in [-0.2, -0.15) is 0 Å². The molecule has 1 aliphatic rings. The number of imidazole rings is 1. The van der Waals surface area contributed by atoms with Crippen LogP contribution < -0.4 is 10.1 Å². The molecule has 0 spiro atoms. The fraction of sp³-hybridized carbons (Fsp3) is 0.625. The summed E-state index contributed by atoms with van der Waals surface area (Å²) in [6.45, 7) is 4.58. The molecule has 66 valence electrons. The van der Waals surface area contributed by atoms with Gasteiger partial charge in [0.25, 0.3) is 6.01 Å². The van der Waals surface area contributed by atoms with Crippen LogP contribution in [0.15, 0.2) is 0 Å². The first-order chi connectivity index (χ1) is 5.83. The summed E-state index contributed by atoms with van der Waals surface area (Å²) >= 11 is 0. The van der Waals surface area contributed by atoms with Gasteiger partial charge in [-0.3, -0.25) is 4.57 Å². The first-order valence-electron chi connectivity index (χ1n) is 4.16. The van der Waals surface area contributed by atoms with Crippen molar-refractivity contribution in [1.29, 1.82) is 0 Å². The molecule has 0 amide bonds. The van der Waals surface area contributed by atoms with Gasteiger partial charge < -0.3 is 10.1 Å². The quantitative estimate of drug-likeness (QED) is 0.688. The molecule has 0 saturated heterocycles. The maximum absolute atomic E-state index is 5.33. The maximum Gasteiger partial charge on any atom is 0.296 e. The smallest absolute Gasteiger partial charge is 0.296 e. The molecule has 0 radical (unpaired) electrons.